The lowest BCUT2D eigenvalue weighted by Crippen LogP contribution is -2.20. The van der Waals surface area contributed by atoms with Gasteiger partial charge in [0.25, 0.3) is 0 Å². The number of aromatic hydroxyl groups is 1. The fourth-order valence-corrected chi connectivity index (χ4v) is 3.00. The van der Waals surface area contributed by atoms with Crippen molar-refractivity contribution in [3.63, 3.8) is 0 Å². The molecular weight excluding hydrogens is 314 g/mol. The zero-order valence-corrected chi connectivity index (χ0v) is 14.1. The van der Waals surface area contributed by atoms with Gasteiger partial charge in [0.05, 0.1) is 5.70 Å². The molecule has 6 nitrogen and oxygen atoms in total. The molecule has 25 heavy (non-hydrogen) atoms. The molecule has 1 atom stereocenters. The first-order valence-electron chi connectivity index (χ1n) is 8.07. The molecule has 0 fully saturated rings. The highest BCUT2D eigenvalue weighted by atomic mass is 16.3. The molecule has 1 aromatic heterocycles. The largest absolute Gasteiger partial charge is 0.507 e. The first-order chi connectivity index (χ1) is 12.1. The van der Waals surface area contributed by atoms with Crippen molar-refractivity contribution in [2.45, 2.75) is 6.04 Å². The number of anilines is 2. The van der Waals surface area contributed by atoms with Crippen LogP contribution >= 0.6 is 0 Å². The van der Waals surface area contributed by atoms with Crippen molar-refractivity contribution in [1.29, 1.82) is 0 Å². The number of hydrogen-bond acceptors (Lipinski definition) is 5. The SMILES string of the molecule is CN(C)c1ccc(C2C=C(c3ccccc3O)Nc3ncnn32)cc1. The van der Waals surface area contributed by atoms with Crippen molar-refractivity contribution >= 4 is 17.3 Å². The highest BCUT2D eigenvalue weighted by Crippen LogP contribution is 2.34. The van der Waals surface area contributed by atoms with Crippen LogP contribution < -0.4 is 10.2 Å². The lowest BCUT2D eigenvalue weighted by molar-refractivity contribution is 0.473. The summed E-state index contributed by atoms with van der Waals surface area (Å²) >= 11 is 0. The van der Waals surface area contributed by atoms with Gasteiger partial charge in [-0.15, -0.1) is 0 Å². The van der Waals surface area contributed by atoms with Gasteiger partial charge in [-0.25, -0.2) is 4.68 Å². The van der Waals surface area contributed by atoms with Crippen molar-refractivity contribution in [3.05, 3.63) is 72.1 Å². The van der Waals surface area contributed by atoms with Crippen LogP contribution in [0.5, 0.6) is 5.75 Å². The van der Waals surface area contributed by atoms with Gasteiger partial charge in [0.1, 0.15) is 18.1 Å². The molecule has 2 heterocycles. The summed E-state index contributed by atoms with van der Waals surface area (Å²) in [5.41, 5.74) is 3.81. The summed E-state index contributed by atoms with van der Waals surface area (Å²) in [5, 5.41) is 17.8. The molecule has 1 aliphatic heterocycles. The number of nitrogens with zero attached hydrogens (tertiary/aromatic N) is 4. The van der Waals surface area contributed by atoms with Crippen LogP contribution in [0, 0.1) is 0 Å². The summed E-state index contributed by atoms with van der Waals surface area (Å²) < 4.78 is 1.84. The number of nitrogens with one attached hydrogen (secondary N) is 1. The van der Waals surface area contributed by atoms with Gasteiger partial charge in [0.2, 0.25) is 5.95 Å². The number of phenols is 1. The zero-order valence-electron chi connectivity index (χ0n) is 14.1. The van der Waals surface area contributed by atoms with Crippen LogP contribution in [0.15, 0.2) is 60.9 Å². The third kappa shape index (κ3) is 2.71. The molecule has 0 radical (unpaired) electrons. The fraction of sp³-hybridized carbons (Fsp3) is 0.158. The van der Waals surface area contributed by atoms with Gasteiger partial charge in [-0.2, -0.15) is 10.1 Å². The summed E-state index contributed by atoms with van der Waals surface area (Å²) in [5.74, 6) is 0.887. The maximum absolute atomic E-state index is 10.2. The lowest BCUT2D eigenvalue weighted by Gasteiger charge is -2.25. The molecule has 2 aromatic carbocycles. The zero-order chi connectivity index (χ0) is 17.4. The van der Waals surface area contributed by atoms with Crippen LogP contribution in [0.1, 0.15) is 17.2 Å². The quantitative estimate of drug-likeness (QED) is 0.771. The van der Waals surface area contributed by atoms with Gasteiger partial charge < -0.3 is 15.3 Å². The van der Waals surface area contributed by atoms with E-state index in [4.69, 9.17) is 0 Å². The van der Waals surface area contributed by atoms with Gasteiger partial charge in [-0.05, 0) is 35.9 Å². The molecule has 0 aliphatic carbocycles. The van der Waals surface area contributed by atoms with E-state index in [9.17, 15) is 5.11 Å². The number of rotatable bonds is 3. The van der Waals surface area contributed by atoms with Gasteiger partial charge >= 0.3 is 0 Å². The van der Waals surface area contributed by atoms with E-state index >= 15 is 0 Å². The van der Waals surface area contributed by atoms with Crippen LogP contribution in [-0.4, -0.2) is 34.0 Å². The number of allylic oxidation sites excluding steroid dienone is 1. The second kappa shape index (κ2) is 5.98. The third-order valence-electron chi connectivity index (χ3n) is 4.35. The summed E-state index contributed by atoms with van der Waals surface area (Å²) in [6.07, 6.45) is 3.59. The highest BCUT2D eigenvalue weighted by Gasteiger charge is 2.24. The Hall–Kier alpha value is -3.28. The second-order valence-corrected chi connectivity index (χ2v) is 6.18. The Morgan fingerprint density at radius 3 is 2.56 bits per heavy atom. The summed E-state index contributed by atoms with van der Waals surface area (Å²) in [7, 11) is 4.04. The van der Waals surface area contributed by atoms with E-state index in [1.807, 2.05) is 37.0 Å². The number of hydrogen-bond donors (Lipinski definition) is 2. The van der Waals surface area contributed by atoms with E-state index < -0.39 is 0 Å². The molecular formula is C19H19N5O. The molecule has 0 saturated carbocycles. The first-order valence-corrected chi connectivity index (χ1v) is 8.07. The van der Waals surface area contributed by atoms with E-state index in [1.165, 1.54) is 6.33 Å². The van der Waals surface area contributed by atoms with Gasteiger partial charge in [0.15, 0.2) is 0 Å². The molecule has 0 amide bonds. The van der Waals surface area contributed by atoms with Crippen molar-refractivity contribution in [2.75, 3.05) is 24.3 Å². The van der Waals surface area contributed by atoms with Crippen molar-refractivity contribution in [3.8, 4) is 5.75 Å². The van der Waals surface area contributed by atoms with E-state index in [0.717, 1.165) is 22.5 Å². The first kappa shape index (κ1) is 15.3. The minimum atomic E-state index is -0.0930. The molecule has 1 aliphatic rings. The molecule has 0 saturated heterocycles. The van der Waals surface area contributed by atoms with E-state index in [-0.39, 0.29) is 11.8 Å². The van der Waals surface area contributed by atoms with E-state index in [1.54, 1.807) is 6.07 Å². The Labute approximate surface area is 146 Å². The Morgan fingerprint density at radius 1 is 1.08 bits per heavy atom. The van der Waals surface area contributed by atoms with Crippen molar-refractivity contribution in [1.82, 2.24) is 14.8 Å². The Morgan fingerprint density at radius 2 is 1.84 bits per heavy atom. The minimum absolute atomic E-state index is 0.0930. The minimum Gasteiger partial charge on any atom is -0.507 e. The van der Waals surface area contributed by atoms with Crippen molar-refractivity contribution in [2.24, 2.45) is 0 Å². The number of phenolic OH excluding ortho intramolecular Hbond substituents is 1. The van der Waals surface area contributed by atoms with Crippen molar-refractivity contribution < 1.29 is 5.11 Å². The van der Waals surface area contributed by atoms with Crippen LogP contribution in [0.25, 0.3) is 5.70 Å². The van der Waals surface area contributed by atoms with Gasteiger partial charge in [-0.1, -0.05) is 24.3 Å². The second-order valence-electron chi connectivity index (χ2n) is 6.18. The number of fused-ring (bicyclic) bond motifs is 1. The summed E-state index contributed by atoms with van der Waals surface area (Å²) in [6, 6.07) is 15.5. The maximum Gasteiger partial charge on any atom is 0.226 e. The van der Waals surface area contributed by atoms with Crippen LogP contribution in [0.4, 0.5) is 11.6 Å². The Balaban J connectivity index is 1.78. The third-order valence-corrected chi connectivity index (χ3v) is 4.35. The summed E-state index contributed by atoms with van der Waals surface area (Å²) in [6.45, 7) is 0. The standard InChI is InChI=1S/C19H19N5O/c1-23(2)14-9-7-13(8-10-14)17-11-16(15-5-3-4-6-18(15)25)22-19-20-12-21-24(17)19/h3-12,17,25H,1-2H3,(H,20,21,22). The monoisotopic (exact) mass is 333 g/mol. The maximum atomic E-state index is 10.2. The van der Waals surface area contributed by atoms with Gasteiger partial charge in [0, 0.05) is 25.3 Å². The summed E-state index contributed by atoms with van der Waals surface area (Å²) in [4.78, 5) is 6.36. The Kier molecular flexibility index (Phi) is 3.65. The van der Waals surface area contributed by atoms with Crippen LogP contribution in [0.3, 0.4) is 0 Å². The molecule has 0 spiro atoms. The van der Waals surface area contributed by atoms with Crippen LogP contribution in [-0.2, 0) is 0 Å². The average molecular weight is 333 g/mol. The molecule has 126 valence electrons. The highest BCUT2D eigenvalue weighted by molar-refractivity contribution is 5.80. The predicted molar refractivity (Wildman–Crippen MR) is 98.6 cm³/mol. The van der Waals surface area contributed by atoms with E-state index in [2.05, 4.69) is 50.6 Å². The van der Waals surface area contributed by atoms with E-state index in [0.29, 0.717) is 5.95 Å². The number of benzene rings is 2. The molecule has 2 N–H and O–H groups in total. The molecule has 0 bridgehead atoms. The number of para-hydroxylation sites is 1. The predicted octanol–water partition coefficient (Wildman–Crippen LogP) is 3.11. The molecule has 3 aromatic rings. The Bertz CT molecular complexity index is 927. The molecule has 1 unspecified atom stereocenters. The van der Waals surface area contributed by atoms with Crippen LogP contribution in [0.2, 0.25) is 0 Å². The normalized spacial score (nSPS) is 15.9. The smallest absolute Gasteiger partial charge is 0.226 e. The average Bonchev–Trinajstić information content (AvgIpc) is 3.10. The number of aromatic nitrogens is 3. The topological polar surface area (TPSA) is 66.2 Å². The molecule has 4 rings (SSSR count). The van der Waals surface area contributed by atoms with Gasteiger partial charge in [-0.3, -0.25) is 0 Å². The lowest BCUT2D eigenvalue weighted by atomic mass is 10.0. The fourth-order valence-electron chi connectivity index (χ4n) is 3.00. The molecule has 6 heteroatoms.